The molecule has 0 unspecified atom stereocenters. The number of hydrogen-bond donors (Lipinski definition) is 0. The summed E-state index contributed by atoms with van der Waals surface area (Å²) in [5.74, 6) is 2.98. The van der Waals surface area contributed by atoms with E-state index < -0.39 is 0 Å². The van der Waals surface area contributed by atoms with Gasteiger partial charge in [0.15, 0.2) is 5.16 Å². The van der Waals surface area contributed by atoms with Gasteiger partial charge in [-0.2, -0.15) is 4.98 Å². The number of ether oxygens (including phenoxy) is 1. The minimum Gasteiger partial charge on any atom is -0.496 e. The van der Waals surface area contributed by atoms with E-state index in [0.717, 1.165) is 48.3 Å². The molecule has 0 amide bonds. The second-order valence-corrected chi connectivity index (χ2v) is 8.67. The van der Waals surface area contributed by atoms with Crippen molar-refractivity contribution in [1.29, 1.82) is 0 Å². The maximum atomic E-state index is 6.27. The van der Waals surface area contributed by atoms with E-state index in [9.17, 15) is 0 Å². The molecule has 1 aliphatic heterocycles. The molecule has 0 bridgehead atoms. The molecular formula is C22H21ClN6O2S. The summed E-state index contributed by atoms with van der Waals surface area (Å²) in [7, 11) is 1.62. The number of thioether (sulfide) groups is 1. The van der Waals surface area contributed by atoms with Gasteiger partial charge in [-0.1, -0.05) is 46.7 Å². The number of aromatic nitrogens is 5. The number of nitrogens with zero attached hydrogens (tertiary/aromatic N) is 6. The summed E-state index contributed by atoms with van der Waals surface area (Å²) in [6.07, 6.45) is 2.30. The van der Waals surface area contributed by atoms with Crippen LogP contribution >= 0.6 is 23.4 Å². The van der Waals surface area contributed by atoms with Crippen molar-refractivity contribution >= 4 is 29.3 Å². The normalized spacial score (nSPS) is 13.6. The molecule has 3 heterocycles. The standard InChI is InChI=1S/C22H21ClN6O2S/c1-30-18-10-3-2-9-17(18)20-24-19(31-27-20)14-32-22-26-25-21(28-11-4-5-12-28)29(22)16-8-6-7-15(23)13-16/h2-3,6-10,13H,4-5,11-12,14H2,1H3. The predicted octanol–water partition coefficient (Wildman–Crippen LogP) is 4.87. The predicted molar refractivity (Wildman–Crippen MR) is 124 cm³/mol. The first-order valence-corrected chi connectivity index (χ1v) is 11.6. The Labute approximate surface area is 194 Å². The van der Waals surface area contributed by atoms with Gasteiger partial charge in [-0.3, -0.25) is 4.57 Å². The SMILES string of the molecule is COc1ccccc1-c1noc(CSc2nnc(N3CCCC3)n2-c2cccc(Cl)c2)n1. The van der Waals surface area contributed by atoms with Crippen molar-refractivity contribution in [3.8, 4) is 22.8 Å². The Morgan fingerprint density at radius 1 is 1.09 bits per heavy atom. The minimum atomic E-state index is 0.459. The van der Waals surface area contributed by atoms with Gasteiger partial charge in [-0.05, 0) is 43.2 Å². The molecule has 1 fully saturated rings. The maximum absolute atomic E-state index is 6.27. The molecule has 0 saturated carbocycles. The number of methoxy groups -OCH3 is 1. The monoisotopic (exact) mass is 468 g/mol. The van der Waals surface area contributed by atoms with Crippen molar-refractivity contribution in [3.63, 3.8) is 0 Å². The third-order valence-corrected chi connectivity index (χ3v) is 6.36. The lowest BCUT2D eigenvalue weighted by atomic mass is 10.2. The van der Waals surface area contributed by atoms with Gasteiger partial charge >= 0.3 is 0 Å². The lowest BCUT2D eigenvalue weighted by Crippen LogP contribution is -2.22. The van der Waals surface area contributed by atoms with Crippen molar-refractivity contribution in [2.45, 2.75) is 23.8 Å². The van der Waals surface area contributed by atoms with Gasteiger partial charge in [0, 0.05) is 18.1 Å². The first-order chi connectivity index (χ1) is 15.7. The zero-order valence-electron chi connectivity index (χ0n) is 17.4. The van der Waals surface area contributed by atoms with Crippen LogP contribution < -0.4 is 9.64 Å². The Morgan fingerprint density at radius 2 is 1.94 bits per heavy atom. The van der Waals surface area contributed by atoms with E-state index in [0.29, 0.717) is 28.2 Å². The molecule has 5 rings (SSSR count). The van der Waals surface area contributed by atoms with E-state index >= 15 is 0 Å². The average Bonchev–Trinajstić information content (AvgIpc) is 3.58. The van der Waals surface area contributed by atoms with Crippen LogP contribution in [0.2, 0.25) is 5.02 Å². The molecule has 2 aromatic heterocycles. The molecule has 0 spiro atoms. The Bertz CT molecular complexity index is 1220. The van der Waals surface area contributed by atoms with Crippen LogP contribution in [0.1, 0.15) is 18.7 Å². The van der Waals surface area contributed by atoms with Crippen molar-refractivity contribution in [2.24, 2.45) is 0 Å². The molecule has 1 aliphatic rings. The number of halogens is 1. The fourth-order valence-electron chi connectivity index (χ4n) is 3.70. The van der Waals surface area contributed by atoms with Gasteiger partial charge in [0.25, 0.3) is 0 Å². The summed E-state index contributed by atoms with van der Waals surface area (Å²) in [5.41, 5.74) is 1.71. The van der Waals surface area contributed by atoms with Crippen LogP contribution in [0.5, 0.6) is 5.75 Å². The molecule has 1 saturated heterocycles. The van der Waals surface area contributed by atoms with Gasteiger partial charge in [-0.25, -0.2) is 0 Å². The largest absolute Gasteiger partial charge is 0.496 e. The van der Waals surface area contributed by atoms with Crippen LogP contribution in [0.25, 0.3) is 17.1 Å². The summed E-state index contributed by atoms with van der Waals surface area (Å²) in [5, 5.41) is 14.5. The first kappa shape index (κ1) is 20.8. The van der Waals surface area contributed by atoms with E-state index in [-0.39, 0.29) is 0 Å². The second kappa shape index (κ2) is 9.22. The summed E-state index contributed by atoms with van der Waals surface area (Å²) in [6.45, 7) is 1.94. The van der Waals surface area contributed by atoms with Crippen LogP contribution in [0.15, 0.2) is 58.2 Å². The zero-order chi connectivity index (χ0) is 21.9. The third-order valence-electron chi connectivity index (χ3n) is 5.21. The molecular weight excluding hydrogens is 448 g/mol. The van der Waals surface area contributed by atoms with E-state index in [4.69, 9.17) is 20.9 Å². The first-order valence-electron chi connectivity index (χ1n) is 10.3. The molecule has 2 aromatic carbocycles. The number of rotatable bonds is 7. The van der Waals surface area contributed by atoms with Crippen molar-refractivity contribution < 1.29 is 9.26 Å². The van der Waals surface area contributed by atoms with Gasteiger partial charge in [-0.15, -0.1) is 10.2 Å². The molecule has 4 aromatic rings. The van der Waals surface area contributed by atoms with Crippen molar-refractivity contribution in [2.75, 3.05) is 25.1 Å². The second-order valence-electron chi connectivity index (χ2n) is 7.29. The Morgan fingerprint density at radius 3 is 2.75 bits per heavy atom. The van der Waals surface area contributed by atoms with Crippen molar-refractivity contribution in [3.05, 3.63) is 59.4 Å². The summed E-state index contributed by atoms with van der Waals surface area (Å²) < 4.78 is 12.9. The highest BCUT2D eigenvalue weighted by atomic mass is 35.5. The lowest BCUT2D eigenvalue weighted by molar-refractivity contribution is 0.390. The summed E-state index contributed by atoms with van der Waals surface area (Å²) in [6, 6.07) is 15.3. The number of para-hydroxylation sites is 1. The third kappa shape index (κ3) is 4.18. The molecule has 0 aliphatic carbocycles. The molecule has 0 atom stereocenters. The van der Waals surface area contributed by atoms with E-state index in [1.165, 1.54) is 11.8 Å². The van der Waals surface area contributed by atoms with Gasteiger partial charge in [0.1, 0.15) is 5.75 Å². The molecule has 0 radical (unpaired) electrons. The molecule has 164 valence electrons. The quantitative estimate of drug-likeness (QED) is 0.355. The average molecular weight is 469 g/mol. The number of benzene rings is 2. The highest BCUT2D eigenvalue weighted by molar-refractivity contribution is 7.98. The summed E-state index contributed by atoms with van der Waals surface area (Å²) in [4.78, 5) is 6.79. The number of anilines is 1. The Hall–Kier alpha value is -3.04. The molecule has 0 N–H and O–H groups in total. The van der Waals surface area contributed by atoms with Crippen LogP contribution in [0, 0.1) is 0 Å². The van der Waals surface area contributed by atoms with E-state index in [2.05, 4.69) is 25.2 Å². The van der Waals surface area contributed by atoms with Gasteiger partial charge in [0.2, 0.25) is 17.7 Å². The summed E-state index contributed by atoms with van der Waals surface area (Å²) >= 11 is 7.76. The zero-order valence-corrected chi connectivity index (χ0v) is 19.0. The smallest absolute Gasteiger partial charge is 0.237 e. The van der Waals surface area contributed by atoms with Crippen LogP contribution in [-0.4, -0.2) is 45.1 Å². The van der Waals surface area contributed by atoms with Crippen molar-refractivity contribution in [1.82, 2.24) is 24.9 Å². The van der Waals surface area contributed by atoms with Crippen LogP contribution in [0.4, 0.5) is 5.95 Å². The lowest BCUT2D eigenvalue weighted by Gasteiger charge is -2.18. The van der Waals surface area contributed by atoms with Gasteiger partial charge in [0.05, 0.1) is 24.1 Å². The number of hydrogen-bond acceptors (Lipinski definition) is 8. The van der Waals surface area contributed by atoms with Gasteiger partial charge < -0.3 is 14.2 Å². The van der Waals surface area contributed by atoms with Crippen LogP contribution in [-0.2, 0) is 5.75 Å². The molecule has 10 heteroatoms. The van der Waals surface area contributed by atoms with E-state index in [1.54, 1.807) is 7.11 Å². The minimum absolute atomic E-state index is 0.459. The Kier molecular flexibility index (Phi) is 6.00. The maximum Gasteiger partial charge on any atom is 0.237 e. The Balaban J connectivity index is 1.41. The highest BCUT2D eigenvalue weighted by Crippen LogP contribution is 2.32. The fraction of sp³-hybridized carbons (Fsp3) is 0.273. The fourth-order valence-corrected chi connectivity index (χ4v) is 4.67. The molecule has 8 nitrogen and oxygen atoms in total. The van der Waals surface area contributed by atoms with Crippen LogP contribution in [0.3, 0.4) is 0 Å². The van der Waals surface area contributed by atoms with E-state index in [1.807, 2.05) is 53.1 Å². The highest BCUT2D eigenvalue weighted by Gasteiger charge is 2.23. The molecule has 32 heavy (non-hydrogen) atoms. The topological polar surface area (TPSA) is 82.1 Å².